The molecule has 0 saturated carbocycles. The number of aromatic nitrogens is 2. The van der Waals surface area contributed by atoms with Crippen molar-refractivity contribution in [2.24, 2.45) is 0 Å². The van der Waals surface area contributed by atoms with Crippen LogP contribution in [0, 0.1) is 0 Å². The van der Waals surface area contributed by atoms with E-state index in [9.17, 15) is 4.79 Å². The fourth-order valence-electron chi connectivity index (χ4n) is 3.40. The molecule has 1 amide bonds. The van der Waals surface area contributed by atoms with E-state index in [2.05, 4.69) is 20.2 Å². The molecule has 1 spiro atoms. The predicted molar refractivity (Wildman–Crippen MR) is 80.2 cm³/mol. The predicted octanol–water partition coefficient (Wildman–Crippen LogP) is 0.296. The number of carbonyl (C=O) groups excluding carboxylic acids is 1. The van der Waals surface area contributed by atoms with Crippen molar-refractivity contribution in [1.29, 1.82) is 0 Å². The Morgan fingerprint density at radius 1 is 1.68 bits per heavy atom. The summed E-state index contributed by atoms with van der Waals surface area (Å²) in [5, 5.41) is 2.57. The number of hydrogen-bond donors (Lipinski definition) is 2. The first-order valence-electron chi connectivity index (χ1n) is 7.85. The molecule has 2 aliphatic rings. The van der Waals surface area contributed by atoms with Crippen molar-refractivity contribution in [3.05, 3.63) is 18.2 Å². The summed E-state index contributed by atoms with van der Waals surface area (Å²) in [5.41, 5.74) is 1.01. The smallest absolute Gasteiger partial charge is 0.245 e. The lowest BCUT2D eigenvalue weighted by molar-refractivity contribution is -0.127. The summed E-state index contributed by atoms with van der Waals surface area (Å²) in [6.07, 6.45) is 6.64. The Morgan fingerprint density at radius 2 is 2.59 bits per heavy atom. The zero-order valence-electron chi connectivity index (χ0n) is 13.0. The number of H-pyrrole nitrogens is 1. The molecule has 2 saturated heterocycles. The number of likely N-dealkylation sites (tertiary alicyclic amines) is 1. The van der Waals surface area contributed by atoms with Crippen LogP contribution in [0.25, 0.3) is 0 Å². The molecule has 122 valence electrons. The third-order valence-corrected chi connectivity index (χ3v) is 4.47. The quantitative estimate of drug-likeness (QED) is 0.818. The molecular formula is C15H24N4O3. The van der Waals surface area contributed by atoms with E-state index in [4.69, 9.17) is 9.47 Å². The maximum absolute atomic E-state index is 11.3. The van der Waals surface area contributed by atoms with Gasteiger partial charge in [0.1, 0.15) is 6.61 Å². The molecule has 1 aromatic rings. The van der Waals surface area contributed by atoms with Crippen LogP contribution < -0.4 is 5.32 Å². The zero-order valence-corrected chi connectivity index (χ0v) is 13.0. The van der Waals surface area contributed by atoms with Gasteiger partial charge in [-0.1, -0.05) is 0 Å². The second-order valence-electron chi connectivity index (χ2n) is 6.20. The Kier molecular flexibility index (Phi) is 4.75. The van der Waals surface area contributed by atoms with Gasteiger partial charge in [-0.2, -0.15) is 0 Å². The summed E-state index contributed by atoms with van der Waals surface area (Å²) >= 11 is 0. The number of likely N-dealkylation sites (N-methyl/N-ethyl adjacent to an activating group) is 1. The molecule has 2 aliphatic heterocycles. The van der Waals surface area contributed by atoms with Crippen molar-refractivity contribution in [3.63, 3.8) is 0 Å². The monoisotopic (exact) mass is 308 g/mol. The van der Waals surface area contributed by atoms with Crippen molar-refractivity contribution in [3.8, 4) is 0 Å². The maximum atomic E-state index is 11.3. The van der Waals surface area contributed by atoms with E-state index in [-0.39, 0.29) is 24.2 Å². The number of nitrogens with one attached hydrogen (secondary N) is 2. The maximum Gasteiger partial charge on any atom is 0.245 e. The summed E-state index contributed by atoms with van der Waals surface area (Å²) in [6, 6.07) is 0. The molecule has 0 aliphatic carbocycles. The lowest BCUT2D eigenvalue weighted by Crippen LogP contribution is -2.47. The van der Waals surface area contributed by atoms with E-state index in [1.165, 1.54) is 0 Å². The molecule has 0 bridgehead atoms. The van der Waals surface area contributed by atoms with E-state index < -0.39 is 0 Å². The van der Waals surface area contributed by atoms with Gasteiger partial charge in [0.25, 0.3) is 0 Å². The molecular weight excluding hydrogens is 284 g/mol. The van der Waals surface area contributed by atoms with Crippen LogP contribution in [-0.4, -0.2) is 65.8 Å². The standard InChI is InChI=1S/C15H24N4O3/c1-16-14(20)9-21-13-5-15(22-8-13)3-2-4-19(10-15)7-12-6-17-11-18-12/h6,11,13H,2-5,7-10H2,1H3,(H,16,20)(H,17,18)/t13-,15-/m1/s1. The highest BCUT2D eigenvalue weighted by Gasteiger charge is 2.43. The minimum atomic E-state index is -0.119. The molecule has 3 heterocycles. The topological polar surface area (TPSA) is 79.5 Å². The van der Waals surface area contributed by atoms with Crippen LogP contribution in [-0.2, 0) is 20.8 Å². The number of imidazole rings is 1. The van der Waals surface area contributed by atoms with Crippen LogP contribution in [0.4, 0.5) is 0 Å². The van der Waals surface area contributed by atoms with Crippen LogP contribution >= 0.6 is 0 Å². The number of carbonyl (C=O) groups is 1. The number of amides is 1. The summed E-state index contributed by atoms with van der Waals surface area (Å²) in [5.74, 6) is -0.0922. The summed E-state index contributed by atoms with van der Waals surface area (Å²) in [6.45, 7) is 3.54. The third kappa shape index (κ3) is 3.66. The molecule has 0 unspecified atom stereocenters. The Balaban J connectivity index is 1.51. The highest BCUT2D eigenvalue weighted by Crippen LogP contribution is 2.36. The molecule has 0 radical (unpaired) electrons. The average molecular weight is 308 g/mol. The van der Waals surface area contributed by atoms with Crippen LogP contribution in [0.3, 0.4) is 0 Å². The molecule has 22 heavy (non-hydrogen) atoms. The molecule has 2 fully saturated rings. The van der Waals surface area contributed by atoms with Gasteiger partial charge in [-0.05, 0) is 19.4 Å². The normalized spacial score (nSPS) is 29.0. The van der Waals surface area contributed by atoms with Crippen molar-refractivity contribution in [2.45, 2.75) is 37.5 Å². The molecule has 0 aromatic carbocycles. The molecule has 7 nitrogen and oxygen atoms in total. The van der Waals surface area contributed by atoms with Crippen molar-refractivity contribution < 1.29 is 14.3 Å². The average Bonchev–Trinajstić information content (AvgIpc) is 3.15. The van der Waals surface area contributed by atoms with Gasteiger partial charge < -0.3 is 19.8 Å². The van der Waals surface area contributed by atoms with E-state index >= 15 is 0 Å². The Morgan fingerprint density at radius 3 is 3.36 bits per heavy atom. The number of rotatable bonds is 5. The Hall–Kier alpha value is -1.44. The van der Waals surface area contributed by atoms with Gasteiger partial charge in [-0.3, -0.25) is 9.69 Å². The first kappa shape index (κ1) is 15.5. The molecule has 1 aromatic heterocycles. The second-order valence-corrected chi connectivity index (χ2v) is 6.20. The van der Waals surface area contributed by atoms with E-state index in [0.717, 1.165) is 44.6 Å². The van der Waals surface area contributed by atoms with Gasteiger partial charge in [0.15, 0.2) is 0 Å². The molecule has 7 heteroatoms. The fraction of sp³-hybridized carbons (Fsp3) is 0.733. The van der Waals surface area contributed by atoms with E-state index in [1.54, 1.807) is 13.4 Å². The minimum absolute atomic E-state index is 0.0180. The van der Waals surface area contributed by atoms with Crippen LogP contribution in [0.15, 0.2) is 12.5 Å². The van der Waals surface area contributed by atoms with Gasteiger partial charge in [-0.15, -0.1) is 0 Å². The number of ether oxygens (including phenoxy) is 2. The second kappa shape index (κ2) is 6.76. The van der Waals surface area contributed by atoms with E-state index in [0.29, 0.717) is 6.61 Å². The van der Waals surface area contributed by atoms with Crippen molar-refractivity contribution in [1.82, 2.24) is 20.2 Å². The first-order valence-corrected chi connectivity index (χ1v) is 7.85. The highest BCUT2D eigenvalue weighted by molar-refractivity contribution is 5.76. The first-order chi connectivity index (χ1) is 10.7. The fourth-order valence-corrected chi connectivity index (χ4v) is 3.40. The highest BCUT2D eigenvalue weighted by atomic mass is 16.6. The van der Waals surface area contributed by atoms with Crippen molar-refractivity contribution in [2.75, 3.05) is 33.4 Å². The van der Waals surface area contributed by atoms with Crippen molar-refractivity contribution >= 4 is 5.91 Å². The lowest BCUT2D eigenvalue weighted by Gasteiger charge is -2.39. The third-order valence-electron chi connectivity index (χ3n) is 4.47. The van der Waals surface area contributed by atoms with Crippen LogP contribution in [0.2, 0.25) is 0 Å². The van der Waals surface area contributed by atoms with Crippen LogP contribution in [0.1, 0.15) is 25.0 Å². The van der Waals surface area contributed by atoms with Gasteiger partial charge >= 0.3 is 0 Å². The SMILES string of the molecule is CNC(=O)CO[C@H]1CO[C@]2(CCCN(Cc3cnc[nH]3)C2)C1. The Labute approximate surface area is 130 Å². The van der Waals surface area contributed by atoms with Crippen LogP contribution in [0.5, 0.6) is 0 Å². The van der Waals surface area contributed by atoms with Gasteiger partial charge in [-0.25, -0.2) is 4.98 Å². The van der Waals surface area contributed by atoms with Gasteiger partial charge in [0.05, 0.1) is 24.6 Å². The molecule has 3 rings (SSSR count). The zero-order chi connectivity index (χ0) is 15.4. The summed E-state index contributed by atoms with van der Waals surface area (Å²) in [4.78, 5) is 20.9. The molecule has 2 N–H and O–H groups in total. The number of nitrogens with zero attached hydrogens (tertiary/aromatic N) is 2. The minimum Gasteiger partial charge on any atom is -0.371 e. The summed E-state index contributed by atoms with van der Waals surface area (Å²) in [7, 11) is 1.62. The van der Waals surface area contributed by atoms with E-state index in [1.807, 2.05) is 6.20 Å². The molecule has 2 atom stereocenters. The van der Waals surface area contributed by atoms with Gasteiger partial charge in [0.2, 0.25) is 5.91 Å². The Bertz CT molecular complexity index is 493. The summed E-state index contributed by atoms with van der Waals surface area (Å²) < 4.78 is 11.7. The number of aromatic amines is 1. The number of hydrogen-bond acceptors (Lipinski definition) is 5. The largest absolute Gasteiger partial charge is 0.371 e. The lowest BCUT2D eigenvalue weighted by atomic mass is 9.89. The number of piperidine rings is 1. The van der Waals surface area contributed by atoms with Gasteiger partial charge in [0, 0.05) is 38.4 Å².